The first-order valence-electron chi connectivity index (χ1n) is 5.51. The van der Waals surface area contributed by atoms with Crippen LogP contribution < -0.4 is 0 Å². The molecule has 0 aromatic heterocycles. The van der Waals surface area contributed by atoms with Crippen molar-refractivity contribution in [2.75, 3.05) is 19.8 Å². The lowest BCUT2D eigenvalue weighted by atomic mass is 10.2. The Balaban J connectivity index is 3.76. The Morgan fingerprint density at radius 2 is 1.87 bits per heavy atom. The molecule has 0 saturated carbocycles. The van der Waals surface area contributed by atoms with Gasteiger partial charge in [0.2, 0.25) is 0 Å². The number of carbonyl (C=O) groups is 1. The molecule has 4 heteroatoms. The van der Waals surface area contributed by atoms with Gasteiger partial charge in [0.05, 0.1) is 0 Å². The maximum absolute atomic E-state index is 11.3. The van der Waals surface area contributed by atoms with Gasteiger partial charge in [-0.15, -0.1) is 0 Å². The third-order valence-electron chi connectivity index (χ3n) is 1.69. The monoisotopic (exact) mass is 217 g/mol. The highest BCUT2D eigenvalue weighted by Crippen LogP contribution is 2.08. The molecule has 0 spiro atoms. The fraction of sp³-hybridized carbons (Fsp3) is 0.818. The number of hydrogen-bond acceptors (Lipinski definition) is 4. The first-order valence-corrected chi connectivity index (χ1v) is 5.51. The van der Waals surface area contributed by atoms with Gasteiger partial charge in [0.25, 0.3) is 0 Å². The van der Waals surface area contributed by atoms with E-state index in [1.165, 1.54) is 0 Å². The smallest absolute Gasteiger partial charge is 0.308 e. The van der Waals surface area contributed by atoms with Crippen molar-refractivity contribution in [3.63, 3.8) is 0 Å². The first kappa shape index (κ1) is 14.4. The van der Waals surface area contributed by atoms with E-state index in [4.69, 9.17) is 14.2 Å². The minimum atomic E-state index is -0.250. The third kappa shape index (κ3) is 8.39. The van der Waals surface area contributed by atoms with Crippen LogP contribution in [0.4, 0.5) is 0 Å². The van der Waals surface area contributed by atoms with Gasteiger partial charge >= 0.3 is 12.3 Å². The van der Waals surface area contributed by atoms with Crippen molar-refractivity contribution in [3.05, 3.63) is 6.29 Å². The zero-order valence-electron chi connectivity index (χ0n) is 9.88. The van der Waals surface area contributed by atoms with E-state index < -0.39 is 0 Å². The third-order valence-corrected chi connectivity index (χ3v) is 1.69. The summed E-state index contributed by atoms with van der Waals surface area (Å²) in [6.07, 6.45) is 2.51. The Morgan fingerprint density at radius 1 is 1.13 bits per heavy atom. The van der Waals surface area contributed by atoms with Crippen molar-refractivity contribution in [1.82, 2.24) is 0 Å². The standard InChI is InChI=1S/C11H21O4/c1-4-7-8-10(12)15-11(14-6-3)9-13-5-2/h4-9H2,1-3H3. The van der Waals surface area contributed by atoms with Crippen LogP contribution in [0.3, 0.4) is 0 Å². The van der Waals surface area contributed by atoms with Gasteiger partial charge in [-0.05, 0) is 20.3 Å². The number of esters is 1. The van der Waals surface area contributed by atoms with E-state index in [1.807, 2.05) is 20.8 Å². The van der Waals surface area contributed by atoms with Crippen molar-refractivity contribution in [1.29, 1.82) is 0 Å². The van der Waals surface area contributed by atoms with Crippen LogP contribution in [0.1, 0.15) is 40.0 Å². The summed E-state index contributed by atoms with van der Waals surface area (Å²) >= 11 is 0. The number of carbonyl (C=O) groups excluding carboxylic acids is 1. The second-order valence-electron chi connectivity index (χ2n) is 3.02. The van der Waals surface area contributed by atoms with Crippen LogP contribution in [-0.4, -0.2) is 25.8 Å². The quantitative estimate of drug-likeness (QED) is 0.556. The Hall–Kier alpha value is -0.610. The normalized spacial score (nSPS) is 10.7. The van der Waals surface area contributed by atoms with E-state index in [0.29, 0.717) is 19.6 Å². The van der Waals surface area contributed by atoms with Crippen LogP contribution in [0.15, 0.2) is 0 Å². The van der Waals surface area contributed by atoms with Gasteiger partial charge < -0.3 is 14.2 Å². The SMILES string of the molecule is CCCCC(=O)O[C](COCC)OCC. The lowest BCUT2D eigenvalue weighted by Crippen LogP contribution is -2.19. The number of ether oxygens (including phenoxy) is 3. The van der Waals surface area contributed by atoms with E-state index in [-0.39, 0.29) is 18.9 Å². The van der Waals surface area contributed by atoms with E-state index in [1.54, 1.807) is 0 Å². The summed E-state index contributed by atoms with van der Waals surface area (Å²) in [6, 6.07) is 0. The van der Waals surface area contributed by atoms with Crippen molar-refractivity contribution in [2.24, 2.45) is 0 Å². The summed E-state index contributed by atoms with van der Waals surface area (Å²) in [5, 5.41) is 0. The Kier molecular flexibility index (Phi) is 9.52. The van der Waals surface area contributed by atoms with E-state index >= 15 is 0 Å². The van der Waals surface area contributed by atoms with E-state index in [9.17, 15) is 4.79 Å². The van der Waals surface area contributed by atoms with Crippen LogP contribution in [0.25, 0.3) is 0 Å². The summed E-state index contributed by atoms with van der Waals surface area (Å²) in [5.74, 6) is -0.250. The molecule has 1 radical (unpaired) electrons. The van der Waals surface area contributed by atoms with Crippen LogP contribution in [0, 0.1) is 6.29 Å². The van der Waals surface area contributed by atoms with Gasteiger partial charge in [-0.2, -0.15) is 0 Å². The molecule has 15 heavy (non-hydrogen) atoms. The molecule has 4 nitrogen and oxygen atoms in total. The molecule has 0 aliphatic heterocycles. The minimum absolute atomic E-state index is 0.224. The second kappa shape index (κ2) is 9.93. The van der Waals surface area contributed by atoms with Crippen molar-refractivity contribution >= 4 is 5.97 Å². The summed E-state index contributed by atoms with van der Waals surface area (Å²) in [7, 11) is 0. The largest absolute Gasteiger partial charge is 0.423 e. The second-order valence-corrected chi connectivity index (χ2v) is 3.02. The molecule has 89 valence electrons. The predicted molar refractivity (Wildman–Crippen MR) is 57.0 cm³/mol. The molecule has 0 amide bonds. The van der Waals surface area contributed by atoms with Crippen molar-refractivity contribution < 1.29 is 19.0 Å². The molecular formula is C11H21O4. The predicted octanol–water partition coefficient (Wildman–Crippen LogP) is 2.28. The highest BCUT2D eigenvalue weighted by Gasteiger charge is 2.16. The molecule has 0 saturated heterocycles. The fourth-order valence-corrected chi connectivity index (χ4v) is 0.946. The number of unbranched alkanes of at least 4 members (excludes halogenated alkanes) is 1. The van der Waals surface area contributed by atoms with E-state index in [2.05, 4.69) is 0 Å². The Morgan fingerprint density at radius 3 is 2.40 bits per heavy atom. The summed E-state index contributed by atoms with van der Waals surface area (Å²) in [4.78, 5) is 11.3. The topological polar surface area (TPSA) is 44.8 Å². The molecule has 0 aromatic rings. The zero-order valence-corrected chi connectivity index (χ0v) is 9.88. The summed E-state index contributed by atoms with van der Waals surface area (Å²) in [5.41, 5.74) is 0. The van der Waals surface area contributed by atoms with Gasteiger partial charge in [-0.25, -0.2) is 0 Å². The number of rotatable bonds is 9. The summed E-state index contributed by atoms with van der Waals surface area (Å²) < 4.78 is 15.3. The van der Waals surface area contributed by atoms with Crippen LogP contribution >= 0.6 is 0 Å². The molecule has 0 heterocycles. The highest BCUT2D eigenvalue weighted by atomic mass is 16.7. The number of hydrogen-bond donors (Lipinski definition) is 0. The molecule has 0 bridgehead atoms. The first-order chi connectivity index (χ1) is 7.24. The highest BCUT2D eigenvalue weighted by molar-refractivity contribution is 5.69. The molecule has 0 aromatic carbocycles. The minimum Gasteiger partial charge on any atom is -0.423 e. The van der Waals surface area contributed by atoms with Gasteiger partial charge in [-0.1, -0.05) is 13.3 Å². The Bertz CT molecular complexity index is 159. The van der Waals surface area contributed by atoms with Gasteiger partial charge in [-0.3, -0.25) is 4.79 Å². The van der Waals surface area contributed by atoms with Crippen molar-refractivity contribution in [2.45, 2.75) is 40.0 Å². The molecular weight excluding hydrogens is 196 g/mol. The molecule has 0 atom stereocenters. The van der Waals surface area contributed by atoms with Crippen LogP contribution in [-0.2, 0) is 19.0 Å². The maximum Gasteiger partial charge on any atom is 0.308 e. The average molecular weight is 217 g/mol. The van der Waals surface area contributed by atoms with Crippen molar-refractivity contribution in [3.8, 4) is 0 Å². The average Bonchev–Trinajstić information content (AvgIpc) is 2.23. The molecule has 0 aliphatic rings. The lowest BCUT2D eigenvalue weighted by molar-refractivity contribution is -0.158. The zero-order chi connectivity index (χ0) is 11.5. The summed E-state index contributed by atoms with van der Waals surface area (Å²) in [6.45, 7) is 7.02. The molecule has 0 rings (SSSR count). The van der Waals surface area contributed by atoms with Crippen LogP contribution in [0.2, 0.25) is 0 Å². The maximum atomic E-state index is 11.3. The molecule has 0 aliphatic carbocycles. The molecule has 0 unspecified atom stereocenters. The fourth-order valence-electron chi connectivity index (χ4n) is 0.946. The van der Waals surface area contributed by atoms with Gasteiger partial charge in [0, 0.05) is 19.6 Å². The molecule has 0 N–H and O–H groups in total. The lowest BCUT2D eigenvalue weighted by Gasteiger charge is -2.14. The van der Waals surface area contributed by atoms with E-state index in [0.717, 1.165) is 12.8 Å². The van der Waals surface area contributed by atoms with Gasteiger partial charge in [0.15, 0.2) is 0 Å². The Labute approximate surface area is 91.9 Å². The van der Waals surface area contributed by atoms with Gasteiger partial charge in [0.1, 0.15) is 6.61 Å². The van der Waals surface area contributed by atoms with Crippen LogP contribution in [0.5, 0.6) is 0 Å². The molecule has 0 fully saturated rings.